The molecule has 0 saturated heterocycles. The first-order valence-electron chi connectivity index (χ1n) is 7.18. The van der Waals surface area contributed by atoms with Gasteiger partial charge in [-0.1, -0.05) is 17.7 Å². The van der Waals surface area contributed by atoms with Gasteiger partial charge in [-0.25, -0.2) is 0 Å². The highest BCUT2D eigenvalue weighted by atomic mass is 35.5. The van der Waals surface area contributed by atoms with Crippen LogP contribution in [0, 0.1) is 6.92 Å². The molecule has 1 aromatic carbocycles. The third-order valence-electron chi connectivity index (χ3n) is 4.05. The Morgan fingerprint density at radius 3 is 3.00 bits per heavy atom. The quantitative estimate of drug-likeness (QED) is 0.946. The largest absolute Gasteiger partial charge is 0.489 e. The highest BCUT2D eigenvalue weighted by Gasteiger charge is 2.18. The molecule has 1 aliphatic rings. The molecule has 0 aliphatic heterocycles. The van der Waals surface area contributed by atoms with E-state index in [9.17, 15) is 5.11 Å². The Balaban J connectivity index is 1.77. The van der Waals surface area contributed by atoms with E-state index < -0.39 is 0 Å². The molecule has 0 fully saturated rings. The van der Waals surface area contributed by atoms with Crippen LogP contribution in [0.5, 0.6) is 5.75 Å². The molecule has 1 heterocycles. The number of nitrogens with zero attached hydrogens (tertiary/aromatic N) is 2. The van der Waals surface area contributed by atoms with Crippen LogP contribution < -0.4 is 4.74 Å². The number of ether oxygens (including phenoxy) is 1. The number of aliphatic hydroxyl groups is 1. The Morgan fingerprint density at radius 2 is 2.29 bits per heavy atom. The van der Waals surface area contributed by atoms with Gasteiger partial charge in [-0.3, -0.25) is 4.68 Å². The van der Waals surface area contributed by atoms with Gasteiger partial charge >= 0.3 is 0 Å². The first kappa shape index (κ1) is 14.4. The number of fused-ring (bicyclic) bond motifs is 1. The summed E-state index contributed by atoms with van der Waals surface area (Å²) in [6, 6.07) is 5.90. The molecule has 21 heavy (non-hydrogen) atoms. The van der Waals surface area contributed by atoms with Gasteiger partial charge in [0.25, 0.3) is 0 Å². The molecule has 0 spiro atoms. The van der Waals surface area contributed by atoms with Crippen LogP contribution in [0.15, 0.2) is 18.2 Å². The third-order valence-corrected chi connectivity index (χ3v) is 4.52. The van der Waals surface area contributed by atoms with Gasteiger partial charge < -0.3 is 9.84 Å². The molecule has 112 valence electrons. The van der Waals surface area contributed by atoms with Gasteiger partial charge in [0.1, 0.15) is 17.5 Å². The van der Waals surface area contributed by atoms with Crippen LogP contribution in [0.2, 0.25) is 5.15 Å². The fourth-order valence-electron chi connectivity index (χ4n) is 2.85. The highest BCUT2D eigenvalue weighted by Crippen LogP contribution is 2.32. The molecule has 3 rings (SSSR count). The molecule has 1 unspecified atom stereocenters. The molecule has 0 saturated carbocycles. The van der Waals surface area contributed by atoms with Crippen molar-refractivity contribution in [2.75, 3.05) is 0 Å². The maximum absolute atomic E-state index is 9.97. The number of benzene rings is 1. The van der Waals surface area contributed by atoms with Gasteiger partial charge in [0.15, 0.2) is 0 Å². The lowest BCUT2D eigenvalue weighted by Gasteiger charge is -2.21. The van der Waals surface area contributed by atoms with Crippen molar-refractivity contribution in [3.63, 3.8) is 0 Å². The molecule has 1 aliphatic carbocycles. The van der Waals surface area contributed by atoms with Gasteiger partial charge in [0.05, 0.1) is 11.8 Å². The summed E-state index contributed by atoms with van der Waals surface area (Å²) in [7, 11) is 1.82. The molecule has 1 aromatic heterocycles. The van der Waals surface area contributed by atoms with Crippen LogP contribution in [0.4, 0.5) is 0 Å². The Hall–Kier alpha value is -1.52. The molecule has 0 bridgehead atoms. The second kappa shape index (κ2) is 5.70. The second-order valence-electron chi connectivity index (χ2n) is 5.54. The average molecular weight is 307 g/mol. The van der Waals surface area contributed by atoms with Gasteiger partial charge in [-0.15, -0.1) is 0 Å². The summed E-state index contributed by atoms with van der Waals surface area (Å²) < 4.78 is 7.50. The van der Waals surface area contributed by atoms with Crippen LogP contribution in [-0.2, 0) is 20.1 Å². The lowest BCUT2D eigenvalue weighted by Crippen LogP contribution is -2.09. The van der Waals surface area contributed by atoms with E-state index in [4.69, 9.17) is 16.3 Å². The summed E-state index contributed by atoms with van der Waals surface area (Å²) in [5, 5.41) is 14.9. The summed E-state index contributed by atoms with van der Waals surface area (Å²) in [5.74, 6) is 0.808. The number of hydrogen-bond donors (Lipinski definition) is 1. The first-order chi connectivity index (χ1) is 10.1. The number of aromatic nitrogens is 2. The van der Waals surface area contributed by atoms with E-state index in [1.54, 1.807) is 4.68 Å². The maximum atomic E-state index is 9.97. The van der Waals surface area contributed by atoms with Crippen molar-refractivity contribution in [3.8, 4) is 5.75 Å². The van der Waals surface area contributed by atoms with Gasteiger partial charge in [-0.2, -0.15) is 5.10 Å². The van der Waals surface area contributed by atoms with Crippen LogP contribution in [0.3, 0.4) is 0 Å². The van der Waals surface area contributed by atoms with Crippen molar-refractivity contribution < 1.29 is 9.84 Å². The average Bonchev–Trinajstić information content (AvgIpc) is 2.70. The Kier molecular flexibility index (Phi) is 3.91. The van der Waals surface area contributed by atoms with Crippen LogP contribution in [-0.4, -0.2) is 14.9 Å². The first-order valence-corrected chi connectivity index (χ1v) is 7.55. The van der Waals surface area contributed by atoms with E-state index in [1.165, 1.54) is 5.56 Å². The zero-order chi connectivity index (χ0) is 15.0. The summed E-state index contributed by atoms with van der Waals surface area (Å²) in [6.45, 7) is 2.33. The summed E-state index contributed by atoms with van der Waals surface area (Å²) >= 11 is 6.20. The summed E-state index contributed by atoms with van der Waals surface area (Å²) in [6.07, 6.45) is 2.52. The molecule has 1 N–H and O–H groups in total. The normalized spacial score (nSPS) is 17.6. The van der Waals surface area contributed by atoms with E-state index in [1.807, 2.05) is 32.2 Å². The van der Waals surface area contributed by atoms with E-state index >= 15 is 0 Å². The van der Waals surface area contributed by atoms with Crippen molar-refractivity contribution in [3.05, 3.63) is 45.7 Å². The number of hydrogen-bond acceptors (Lipinski definition) is 3. The minimum atomic E-state index is -0.335. The van der Waals surface area contributed by atoms with E-state index in [-0.39, 0.29) is 6.10 Å². The number of halogens is 1. The molecule has 1 atom stereocenters. The van der Waals surface area contributed by atoms with E-state index in [0.29, 0.717) is 11.8 Å². The zero-order valence-corrected chi connectivity index (χ0v) is 13.0. The second-order valence-corrected chi connectivity index (χ2v) is 5.89. The minimum absolute atomic E-state index is 0.335. The predicted octanol–water partition coefficient (Wildman–Crippen LogP) is 3.33. The van der Waals surface area contributed by atoms with Gasteiger partial charge in [0.2, 0.25) is 0 Å². The monoisotopic (exact) mass is 306 g/mol. The highest BCUT2D eigenvalue weighted by molar-refractivity contribution is 6.30. The smallest absolute Gasteiger partial charge is 0.133 e. The van der Waals surface area contributed by atoms with Crippen LogP contribution in [0.1, 0.15) is 41.3 Å². The fourth-order valence-corrected chi connectivity index (χ4v) is 3.08. The number of aryl methyl sites for hydroxylation is 3. The van der Waals surface area contributed by atoms with Crippen molar-refractivity contribution in [1.82, 2.24) is 9.78 Å². The molecule has 0 radical (unpaired) electrons. The SMILES string of the molecule is Cc1nn(C)c(Cl)c1COc1ccc2c(c1)CCCC2O. The lowest BCUT2D eigenvalue weighted by atomic mass is 9.89. The Labute approximate surface area is 129 Å². The number of rotatable bonds is 3. The van der Waals surface area contributed by atoms with Crippen molar-refractivity contribution in [2.24, 2.45) is 7.05 Å². The van der Waals surface area contributed by atoms with Gasteiger partial charge in [-0.05, 0) is 49.4 Å². The Bertz CT molecular complexity index is 667. The molecule has 0 amide bonds. The standard InChI is InChI=1S/C16H19ClN2O2/c1-10-14(16(17)19(2)18-10)9-21-12-6-7-13-11(8-12)4-3-5-15(13)20/h6-8,15,20H,3-5,9H2,1-2H3. The van der Waals surface area contributed by atoms with E-state index in [0.717, 1.165) is 41.8 Å². The predicted molar refractivity (Wildman–Crippen MR) is 81.6 cm³/mol. The molecular formula is C16H19ClN2O2. The zero-order valence-electron chi connectivity index (χ0n) is 12.3. The minimum Gasteiger partial charge on any atom is -0.489 e. The van der Waals surface area contributed by atoms with Crippen molar-refractivity contribution in [2.45, 2.75) is 38.9 Å². The van der Waals surface area contributed by atoms with Crippen LogP contribution in [0.25, 0.3) is 0 Å². The summed E-state index contributed by atoms with van der Waals surface area (Å²) in [4.78, 5) is 0. The lowest BCUT2D eigenvalue weighted by molar-refractivity contribution is 0.156. The fraction of sp³-hybridized carbons (Fsp3) is 0.438. The summed E-state index contributed by atoms with van der Waals surface area (Å²) in [5.41, 5.74) is 4.01. The Morgan fingerprint density at radius 1 is 1.48 bits per heavy atom. The molecule has 2 aromatic rings. The number of aliphatic hydroxyl groups excluding tert-OH is 1. The molecule has 4 nitrogen and oxygen atoms in total. The third kappa shape index (κ3) is 2.78. The molecular weight excluding hydrogens is 288 g/mol. The van der Waals surface area contributed by atoms with Gasteiger partial charge in [0, 0.05) is 12.6 Å². The van der Waals surface area contributed by atoms with E-state index in [2.05, 4.69) is 5.10 Å². The van der Waals surface area contributed by atoms with Crippen molar-refractivity contribution >= 4 is 11.6 Å². The maximum Gasteiger partial charge on any atom is 0.133 e. The van der Waals surface area contributed by atoms with Crippen LogP contribution >= 0.6 is 11.6 Å². The van der Waals surface area contributed by atoms with Crippen molar-refractivity contribution in [1.29, 1.82) is 0 Å². The molecule has 5 heteroatoms. The topological polar surface area (TPSA) is 47.3 Å².